The normalized spacial score (nSPS) is 11.5. The first-order valence-electron chi connectivity index (χ1n) is 12.0. The van der Waals surface area contributed by atoms with Crippen molar-refractivity contribution in [3.8, 4) is 0 Å². The first kappa shape index (κ1) is 28.5. The Hall–Kier alpha value is -4.54. The number of carbonyl (C=O) groups excluding carboxylic acids is 2. The van der Waals surface area contributed by atoms with Crippen LogP contribution in [0, 0.1) is 5.82 Å². The van der Waals surface area contributed by atoms with Gasteiger partial charge in [-0.3, -0.25) is 13.9 Å². The molecule has 0 atom stereocenters. The van der Waals surface area contributed by atoms with Gasteiger partial charge < -0.3 is 5.32 Å². The highest BCUT2D eigenvalue weighted by Crippen LogP contribution is 2.26. The van der Waals surface area contributed by atoms with Gasteiger partial charge in [0, 0.05) is 16.3 Å². The van der Waals surface area contributed by atoms with E-state index in [2.05, 4.69) is 15.8 Å². The second-order valence-electron chi connectivity index (χ2n) is 8.55. The van der Waals surface area contributed by atoms with E-state index in [0.29, 0.717) is 31.9 Å². The molecule has 0 heterocycles. The topological polar surface area (TPSA) is 108 Å². The van der Waals surface area contributed by atoms with E-state index in [1.807, 2.05) is 0 Å². The highest BCUT2D eigenvalue weighted by Gasteiger charge is 2.29. The molecule has 2 N–H and O–H groups in total. The fraction of sp³-hybridized carbons (Fsp3) is 0.0690. The lowest BCUT2D eigenvalue weighted by Gasteiger charge is -2.24. The van der Waals surface area contributed by atoms with Crippen molar-refractivity contribution < 1.29 is 22.4 Å². The Morgan fingerprint density at radius 3 is 2.27 bits per heavy atom. The van der Waals surface area contributed by atoms with Gasteiger partial charge in [-0.25, -0.2) is 18.2 Å². The quantitative estimate of drug-likeness (QED) is 0.203. The number of anilines is 2. The van der Waals surface area contributed by atoms with Crippen molar-refractivity contribution in [1.82, 2.24) is 5.43 Å². The number of nitrogens with zero attached hydrogens (tertiary/aromatic N) is 2. The third kappa shape index (κ3) is 6.90. The molecule has 204 valence electrons. The summed E-state index contributed by atoms with van der Waals surface area (Å²) in [6.45, 7) is 0.915. The van der Waals surface area contributed by atoms with Gasteiger partial charge in [0.15, 0.2) is 0 Å². The van der Waals surface area contributed by atoms with Crippen LogP contribution >= 0.6 is 11.6 Å². The van der Waals surface area contributed by atoms with Crippen molar-refractivity contribution in [1.29, 1.82) is 0 Å². The van der Waals surface area contributed by atoms with Gasteiger partial charge in [0.05, 0.1) is 16.3 Å². The van der Waals surface area contributed by atoms with Gasteiger partial charge in [0.1, 0.15) is 12.4 Å². The lowest BCUT2D eigenvalue weighted by molar-refractivity contribution is -0.119. The summed E-state index contributed by atoms with van der Waals surface area (Å²) >= 11 is 5.96. The van der Waals surface area contributed by atoms with Crippen LogP contribution in [0.25, 0.3) is 0 Å². The van der Waals surface area contributed by atoms with Crippen molar-refractivity contribution >= 4 is 50.5 Å². The molecule has 0 saturated heterocycles. The van der Waals surface area contributed by atoms with Crippen molar-refractivity contribution in [3.63, 3.8) is 0 Å². The van der Waals surface area contributed by atoms with Crippen LogP contribution in [-0.2, 0) is 14.8 Å². The van der Waals surface area contributed by atoms with Gasteiger partial charge in [0.2, 0.25) is 0 Å². The molecule has 0 aliphatic rings. The minimum absolute atomic E-state index is 0.0950. The minimum Gasteiger partial charge on any atom is -0.322 e. The van der Waals surface area contributed by atoms with E-state index in [9.17, 15) is 22.4 Å². The lowest BCUT2D eigenvalue weighted by atomic mass is 10.1. The summed E-state index contributed by atoms with van der Waals surface area (Å²) in [5, 5.41) is 7.29. The smallest absolute Gasteiger partial charge is 0.264 e. The van der Waals surface area contributed by atoms with Gasteiger partial charge in [-0.15, -0.1) is 0 Å². The molecule has 0 bridgehead atoms. The number of sulfonamides is 1. The van der Waals surface area contributed by atoms with E-state index in [1.54, 1.807) is 61.5 Å². The van der Waals surface area contributed by atoms with Crippen molar-refractivity contribution in [3.05, 3.63) is 125 Å². The molecular formula is C29H24ClFN4O4S. The molecule has 0 fully saturated rings. The largest absolute Gasteiger partial charge is 0.322 e. The van der Waals surface area contributed by atoms with E-state index >= 15 is 0 Å². The summed E-state index contributed by atoms with van der Waals surface area (Å²) in [5.74, 6) is -1.94. The maximum absolute atomic E-state index is 14.6. The monoisotopic (exact) mass is 578 g/mol. The summed E-state index contributed by atoms with van der Waals surface area (Å²) < 4.78 is 42.0. The number of hydrogen-bond donors (Lipinski definition) is 2. The van der Waals surface area contributed by atoms with Crippen LogP contribution in [0.3, 0.4) is 0 Å². The number of hydrogen-bond acceptors (Lipinski definition) is 5. The van der Waals surface area contributed by atoms with Crippen LogP contribution in [0.2, 0.25) is 5.02 Å². The molecule has 0 radical (unpaired) electrons. The second-order valence-corrected chi connectivity index (χ2v) is 10.9. The van der Waals surface area contributed by atoms with E-state index in [4.69, 9.17) is 11.6 Å². The number of benzene rings is 4. The summed E-state index contributed by atoms with van der Waals surface area (Å²) in [6, 6.07) is 26.0. The molecule has 4 aromatic carbocycles. The third-order valence-corrected chi connectivity index (χ3v) is 7.72. The van der Waals surface area contributed by atoms with Crippen molar-refractivity contribution in [2.24, 2.45) is 5.10 Å². The van der Waals surface area contributed by atoms with Crippen LogP contribution in [-0.4, -0.2) is 32.5 Å². The maximum Gasteiger partial charge on any atom is 0.264 e. The maximum atomic E-state index is 14.6. The van der Waals surface area contributed by atoms with E-state index in [0.717, 1.165) is 6.07 Å². The van der Waals surface area contributed by atoms with E-state index in [1.165, 1.54) is 42.5 Å². The zero-order valence-corrected chi connectivity index (χ0v) is 22.8. The van der Waals surface area contributed by atoms with Crippen molar-refractivity contribution in [2.75, 3.05) is 16.2 Å². The number of amides is 2. The van der Waals surface area contributed by atoms with Crippen LogP contribution in [0.4, 0.5) is 15.8 Å². The number of carbonyl (C=O) groups is 2. The first-order valence-corrected chi connectivity index (χ1v) is 13.8. The Kier molecular flexibility index (Phi) is 8.93. The van der Waals surface area contributed by atoms with Gasteiger partial charge in [-0.05, 0) is 67.1 Å². The molecule has 2 amide bonds. The minimum atomic E-state index is -4.27. The van der Waals surface area contributed by atoms with Crippen LogP contribution in [0.15, 0.2) is 113 Å². The molecule has 4 aromatic rings. The van der Waals surface area contributed by atoms with Gasteiger partial charge in [-0.2, -0.15) is 5.10 Å². The predicted octanol–water partition coefficient (Wildman–Crippen LogP) is 5.47. The standard InChI is InChI=1S/C29H24ClFN4O4S/c1-20(21-9-8-12-24(18-21)32-29(37)22-10-7-11-23(30)17-22)33-34-28(36)19-35(27-16-6-5-15-26(27)31)40(38,39)25-13-3-2-4-14-25/h2-18H,19H2,1H3,(H,32,37)(H,34,36)/b33-20+. The molecule has 8 nitrogen and oxygen atoms in total. The molecule has 11 heteroatoms. The number of nitrogens with one attached hydrogen (secondary N) is 2. The molecular weight excluding hydrogens is 555 g/mol. The highest BCUT2D eigenvalue weighted by molar-refractivity contribution is 7.92. The summed E-state index contributed by atoms with van der Waals surface area (Å²) in [7, 11) is -4.27. The van der Waals surface area contributed by atoms with Gasteiger partial charge in [0.25, 0.3) is 21.8 Å². The molecule has 0 unspecified atom stereocenters. The Morgan fingerprint density at radius 2 is 1.55 bits per heavy atom. The zero-order chi connectivity index (χ0) is 28.7. The molecule has 0 aliphatic heterocycles. The predicted molar refractivity (Wildman–Crippen MR) is 154 cm³/mol. The first-order chi connectivity index (χ1) is 19.1. The Balaban J connectivity index is 1.50. The molecule has 0 aromatic heterocycles. The average molecular weight is 579 g/mol. The third-order valence-electron chi connectivity index (χ3n) is 5.71. The fourth-order valence-corrected chi connectivity index (χ4v) is 5.34. The SMILES string of the molecule is C/C(=N\NC(=O)CN(c1ccccc1F)S(=O)(=O)c1ccccc1)c1cccc(NC(=O)c2cccc(Cl)c2)c1. The Morgan fingerprint density at radius 1 is 0.875 bits per heavy atom. The number of hydrazone groups is 1. The molecule has 4 rings (SSSR count). The highest BCUT2D eigenvalue weighted by atomic mass is 35.5. The van der Waals surface area contributed by atoms with E-state index in [-0.39, 0.29) is 16.5 Å². The Labute approximate surface area is 236 Å². The number of halogens is 2. The molecule has 0 aliphatic carbocycles. The number of para-hydroxylation sites is 1. The fourth-order valence-electron chi connectivity index (χ4n) is 3.70. The molecule has 0 spiro atoms. The van der Waals surface area contributed by atoms with Crippen LogP contribution in [0.1, 0.15) is 22.8 Å². The number of rotatable bonds is 9. The van der Waals surface area contributed by atoms with Gasteiger partial charge in [-0.1, -0.05) is 60.1 Å². The van der Waals surface area contributed by atoms with Gasteiger partial charge >= 0.3 is 0 Å². The molecule has 0 saturated carbocycles. The Bertz CT molecular complexity index is 1680. The average Bonchev–Trinajstić information content (AvgIpc) is 2.95. The lowest BCUT2D eigenvalue weighted by Crippen LogP contribution is -2.40. The zero-order valence-electron chi connectivity index (χ0n) is 21.2. The van der Waals surface area contributed by atoms with Crippen molar-refractivity contribution in [2.45, 2.75) is 11.8 Å². The molecule has 40 heavy (non-hydrogen) atoms. The second kappa shape index (κ2) is 12.5. The van der Waals surface area contributed by atoms with Crippen LogP contribution < -0.4 is 15.0 Å². The summed E-state index contributed by atoms with van der Waals surface area (Å²) in [5.41, 5.74) is 3.91. The van der Waals surface area contributed by atoms with Crippen LogP contribution in [0.5, 0.6) is 0 Å². The summed E-state index contributed by atoms with van der Waals surface area (Å²) in [6.07, 6.45) is 0. The van der Waals surface area contributed by atoms with E-state index < -0.39 is 28.3 Å². The summed E-state index contributed by atoms with van der Waals surface area (Å²) in [4.78, 5) is 25.3.